The predicted molar refractivity (Wildman–Crippen MR) is 109 cm³/mol. The van der Waals surface area contributed by atoms with Gasteiger partial charge in [0.05, 0.1) is 23.2 Å². The molecule has 2 aromatic carbocycles. The minimum Gasteiger partial charge on any atom is -0.481 e. The first-order chi connectivity index (χ1) is 14.0. The van der Waals surface area contributed by atoms with Crippen molar-refractivity contribution in [1.29, 1.82) is 0 Å². The smallest absolute Gasteiger partial charge is 0.305 e. The number of carbonyl (C=O) groups excluding carboxylic acids is 2. The van der Waals surface area contributed by atoms with Crippen LogP contribution in [0.15, 0.2) is 54.7 Å². The zero-order valence-corrected chi connectivity index (χ0v) is 15.7. The molecule has 0 unspecified atom stereocenters. The van der Waals surface area contributed by atoms with Gasteiger partial charge in [0.15, 0.2) is 0 Å². The first kappa shape index (κ1) is 19.8. The molecule has 8 heteroatoms. The van der Waals surface area contributed by atoms with Crippen molar-refractivity contribution in [2.45, 2.75) is 6.42 Å². The number of carboxylic acid groups (broad SMARTS) is 1. The molecule has 3 rings (SSSR count). The quantitative estimate of drug-likeness (QED) is 0.490. The lowest BCUT2D eigenvalue weighted by molar-refractivity contribution is -0.136. The van der Waals surface area contributed by atoms with E-state index in [-0.39, 0.29) is 18.9 Å². The third-order valence-corrected chi connectivity index (χ3v) is 4.27. The number of pyridine rings is 1. The molecule has 0 aliphatic rings. The van der Waals surface area contributed by atoms with Crippen molar-refractivity contribution in [3.05, 3.63) is 65.9 Å². The maximum absolute atomic E-state index is 12.4. The average Bonchev–Trinajstić information content (AvgIpc) is 2.73. The van der Waals surface area contributed by atoms with Crippen LogP contribution < -0.4 is 16.0 Å². The van der Waals surface area contributed by atoms with Gasteiger partial charge in [0, 0.05) is 36.4 Å². The van der Waals surface area contributed by atoms with Crippen molar-refractivity contribution in [2.24, 2.45) is 0 Å². The number of amides is 2. The molecule has 0 bridgehead atoms. The normalized spacial score (nSPS) is 10.4. The minimum absolute atomic E-state index is 0.0257. The zero-order valence-electron chi connectivity index (χ0n) is 15.7. The van der Waals surface area contributed by atoms with Crippen LogP contribution in [-0.4, -0.2) is 41.5 Å². The molecule has 0 radical (unpaired) electrons. The topological polar surface area (TPSA) is 120 Å². The van der Waals surface area contributed by atoms with Crippen LogP contribution in [0.1, 0.15) is 27.1 Å². The fourth-order valence-corrected chi connectivity index (χ4v) is 2.83. The Balaban J connectivity index is 2.04. The summed E-state index contributed by atoms with van der Waals surface area (Å²) < 4.78 is 0. The van der Waals surface area contributed by atoms with Gasteiger partial charge in [0.2, 0.25) is 0 Å². The van der Waals surface area contributed by atoms with E-state index in [1.54, 1.807) is 18.2 Å². The summed E-state index contributed by atoms with van der Waals surface area (Å²) in [6, 6.07) is 14.3. The number of hydrogen-bond acceptors (Lipinski definition) is 5. The van der Waals surface area contributed by atoms with Gasteiger partial charge in [-0.05, 0) is 30.3 Å². The highest BCUT2D eigenvalue weighted by atomic mass is 16.4. The SMILES string of the molecule is CNC(=O)c1cnc2ccc(C(=O)NCCC(=O)O)cc2c1Nc1ccccc1. The number of nitrogens with zero attached hydrogens (tertiary/aromatic N) is 1. The van der Waals surface area contributed by atoms with Gasteiger partial charge in [-0.2, -0.15) is 0 Å². The van der Waals surface area contributed by atoms with Crippen molar-refractivity contribution in [2.75, 3.05) is 18.9 Å². The van der Waals surface area contributed by atoms with E-state index in [9.17, 15) is 14.4 Å². The van der Waals surface area contributed by atoms with Crippen LogP contribution in [0.3, 0.4) is 0 Å². The largest absolute Gasteiger partial charge is 0.481 e. The molecule has 3 aromatic rings. The summed E-state index contributed by atoms with van der Waals surface area (Å²) in [6.07, 6.45) is 1.32. The highest BCUT2D eigenvalue weighted by Crippen LogP contribution is 2.30. The first-order valence-corrected chi connectivity index (χ1v) is 8.96. The van der Waals surface area contributed by atoms with E-state index in [1.807, 2.05) is 30.3 Å². The number of para-hydroxylation sites is 1. The van der Waals surface area contributed by atoms with Gasteiger partial charge in [0.1, 0.15) is 0 Å². The minimum atomic E-state index is -0.988. The van der Waals surface area contributed by atoms with Crippen LogP contribution in [0.4, 0.5) is 11.4 Å². The van der Waals surface area contributed by atoms with Crippen molar-refractivity contribution in [3.8, 4) is 0 Å². The third kappa shape index (κ3) is 4.67. The summed E-state index contributed by atoms with van der Waals surface area (Å²) >= 11 is 0. The molecule has 148 valence electrons. The molecule has 29 heavy (non-hydrogen) atoms. The molecule has 0 spiro atoms. The monoisotopic (exact) mass is 392 g/mol. The van der Waals surface area contributed by atoms with E-state index in [2.05, 4.69) is 20.9 Å². The molecule has 2 amide bonds. The van der Waals surface area contributed by atoms with E-state index in [1.165, 1.54) is 13.2 Å². The van der Waals surface area contributed by atoms with Crippen molar-refractivity contribution in [3.63, 3.8) is 0 Å². The van der Waals surface area contributed by atoms with Gasteiger partial charge >= 0.3 is 5.97 Å². The van der Waals surface area contributed by atoms with Crippen molar-refractivity contribution in [1.82, 2.24) is 15.6 Å². The number of nitrogens with one attached hydrogen (secondary N) is 3. The summed E-state index contributed by atoms with van der Waals surface area (Å²) in [7, 11) is 1.53. The molecule has 0 aliphatic heterocycles. The Morgan fingerprint density at radius 2 is 1.79 bits per heavy atom. The van der Waals surface area contributed by atoms with Crippen molar-refractivity contribution >= 4 is 40.1 Å². The van der Waals surface area contributed by atoms with Crippen LogP contribution in [-0.2, 0) is 4.79 Å². The summed E-state index contributed by atoms with van der Waals surface area (Å²) in [5.74, 6) is -1.70. The highest BCUT2D eigenvalue weighted by Gasteiger charge is 2.17. The molecule has 1 heterocycles. The van der Waals surface area contributed by atoms with Gasteiger partial charge in [-0.15, -0.1) is 0 Å². The number of carbonyl (C=O) groups is 3. The van der Waals surface area contributed by atoms with Crippen LogP contribution in [0.5, 0.6) is 0 Å². The Morgan fingerprint density at radius 1 is 1.03 bits per heavy atom. The van der Waals surface area contributed by atoms with Gasteiger partial charge in [-0.25, -0.2) is 0 Å². The molecule has 1 aromatic heterocycles. The fourth-order valence-electron chi connectivity index (χ4n) is 2.83. The van der Waals surface area contributed by atoms with Crippen LogP contribution in [0, 0.1) is 0 Å². The summed E-state index contributed by atoms with van der Waals surface area (Å²) in [5, 5.41) is 17.7. The van der Waals surface area contributed by atoms with Crippen LogP contribution in [0.2, 0.25) is 0 Å². The Morgan fingerprint density at radius 3 is 2.48 bits per heavy atom. The van der Waals surface area contributed by atoms with E-state index >= 15 is 0 Å². The molecule has 0 saturated carbocycles. The number of aliphatic carboxylic acids is 1. The molecule has 4 N–H and O–H groups in total. The Hall–Kier alpha value is -3.94. The maximum atomic E-state index is 12.4. The summed E-state index contributed by atoms with van der Waals surface area (Å²) in [6.45, 7) is 0.0257. The molecule has 0 saturated heterocycles. The third-order valence-electron chi connectivity index (χ3n) is 4.27. The number of carboxylic acids is 1. The van der Waals surface area contributed by atoms with E-state index < -0.39 is 11.9 Å². The Bertz CT molecular complexity index is 1070. The lowest BCUT2D eigenvalue weighted by Gasteiger charge is -2.15. The average molecular weight is 392 g/mol. The lowest BCUT2D eigenvalue weighted by atomic mass is 10.0. The molecular weight excluding hydrogens is 372 g/mol. The number of aromatic nitrogens is 1. The van der Waals surface area contributed by atoms with E-state index in [0.717, 1.165) is 5.69 Å². The van der Waals surface area contributed by atoms with E-state index in [4.69, 9.17) is 5.11 Å². The maximum Gasteiger partial charge on any atom is 0.305 e. The van der Waals surface area contributed by atoms with Gasteiger partial charge in [-0.1, -0.05) is 18.2 Å². The van der Waals surface area contributed by atoms with E-state index in [0.29, 0.717) is 27.7 Å². The van der Waals surface area contributed by atoms with Gasteiger partial charge in [-0.3, -0.25) is 19.4 Å². The van der Waals surface area contributed by atoms with Gasteiger partial charge in [0.25, 0.3) is 11.8 Å². The zero-order chi connectivity index (χ0) is 20.8. The Labute approximate surface area is 167 Å². The number of anilines is 2. The second-order valence-electron chi connectivity index (χ2n) is 6.25. The summed E-state index contributed by atoms with van der Waals surface area (Å²) in [4.78, 5) is 39.7. The number of benzene rings is 2. The molecule has 0 fully saturated rings. The number of rotatable bonds is 7. The first-order valence-electron chi connectivity index (χ1n) is 8.96. The summed E-state index contributed by atoms with van der Waals surface area (Å²) in [5.41, 5.74) is 2.60. The highest BCUT2D eigenvalue weighted by molar-refractivity contribution is 6.09. The second kappa shape index (κ2) is 8.83. The number of hydrogen-bond donors (Lipinski definition) is 4. The molecule has 8 nitrogen and oxygen atoms in total. The predicted octanol–water partition coefficient (Wildman–Crippen LogP) is 2.54. The van der Waals surface area contributed by atoms with Gasteiger partial charge < -0.3 is 21.1 Å². The Kier molecular flexibility index (Phi) is 6.03. The van der Waals surface area contributed by atoms with Crippen molar-refractivity contribution < 1.29 is 19.5 Å². The number of fused-ring (bicyclic) bond motifs is 1. The second-order valence-corrected chi connectivity index (χ2v) is 6.25. The standard InChI is InChI=1S/C21H20N4O4/c1-22-21(29)16-12-24-17-8-7-13(20(28)23-10-9-18(26)27)11-15(17)19(16)25-14-5-3-2-4-6-14/h2-8,11-12H,9-10H2,1H3,(H,22,29)(H,23,28)(H,24,25)(H,26,27). The fraction of sp³-hybridized carbons (Fsp3) is 0.143. The molecule has 0 aliphatic carbocycles. The molecule has 0 atom stereocenters. The van der Waals surface area contributed by atoms with Crippen LogP contribution in [0.25, 0.3) is 10.9 Å². The lowest BCUT2D eigenvalue weighted by Crippen LogP contribution is -2.26. The van der Waals surface area contributed by atoms with Crippen LogP contribution >= 0.6 is 0 Å². The molecular formula is C21H20N4O4.